The number of likely N-dealkylation sites (tertiary alicyclic amines) is 1. The van der Waals surface area contributed by atoms with Crippen LogP contribution in [-0.4, -0.2) is 55.0 Å². The van der Waals surface area contributed by atoms with Crippen molar-refractivity contribution in [2.45, 2.75) is 51.1 Å². The van der Waals surface area contributed by atoms with Crippen molar-refractivity contribution in [3.8, 4) is 0 Å². The van der Waals surface area contributed by atoms with E-state index >= 15 is 0 Å². The fourth-order valence-corrected chi connectivity index (χ4v) is 3.51. The number of nitrogens with zero attached hydrogens (tertiary/aromatic N) is 2. The van der Waals surface area contributed by atoms with Gasteiger partial charge in [0.1, 0.15) is 0 Å². The van der Waals surface area contributed by atoms with Gasteiger partial charge in [0.15, 0.2) is 0 Å². The Kier molecular flexibility index (Phi) is 4.85. The number of carbonyl (C=O) groups excluding carboxylic acids is 1. The SMILES string of the molecule is CC1CCC(N)CC1C(=O)N1CCCC(N(C)C)C1. The summed E-state index contributed by atoms with van der Waals surface area (Å²) in [6.45, 7) is 4.04. The summed E-state index contributed by atoms with van der Waals surface area (Å²) in [7, 11) is 4.22. The molecule has 4 nitrogen and oxygen atoms in total. The molecule has 1 heterocycles. The number of nitrogens with two attached hydrogens (primary N) is 1. The van der Waals surface area contributed by atoms with Crippen LogP contribution < -0.4 is 5.73 Å². The molecule has 4 heteroatoms. The minimum atomic E-state index is 0.157. The first-order valence-electron chi connectivity index (χ1n) is 7.69. The normalized spacial score (nSPS) is 36.6. The number of hydrogen-bond donors (Lipinski definition) is 1. The summed E-state index contributed by atoms with van der Waals surface area (Å²) in [6.07, 6.45) is 5.38. The fourth-order valence-electron chi connectivity index (χ4n) is 3.51. The van der Waals surface area contributed by atoms with E-state index in [0.717, 1.165) is 38.8 Å². The molecule has 0 spiro atoms. The van der Waals surface area contributed by atoms with Gasteiger partial charge in [-0.05, 0) is 52.1 Å². The molecule has 2 aliphatic rings. The fraction of sp³-hybridized carbons (Fsp3) is 0.933. The van der Waals surface area contributed by atoms with Crippen molar-refractivity contribution in [3.63, 3.8) is 0 Å². The Hall–Kier alpha value is -0.610. The highest BCUT2D eigenvalue weighted by Gasteiger charge is 2.35. The number of amides is 1. The van der Waals surface area contributed by atoms with Crippen LogP contribution in [0.15, 0.2) is 0 Å². The molecule has 19 heavy (non-hydrogen) atoms. The zero-order chi connectivity index (χ0) is 14.0. The lowest BCUT2D eigenvalue weighted by molar-refractivity contribution is -0.140. The second-order valence-corrected chi connectivity index (χ2v) is 6.70. The second-order valence-electron chi connectivity index (χ2n) is 6.70. The van der Waals surface area contributed by atoms with Gasteiger partial charge >= 0.3 is 0 Å². The van der Waals surface area contributed by atoms with Gasteiger partial charge in [0.25, 0.3) is 0 Å². The maximum atomic E-state index is 12.7. The molecular formula is C15H29N3O. The zero-order valence-corrected chi connectivity index (χ0v) is 12.6. The smallest absolute Gasteiger partial charge is 0.226 e. The average Bonchev–Trinajstić information content (AvgIpc) is 2.41. The molecule has 4 atom stereocenters. The van der Waals surface area contributed by atoms with Gasteiger partial charge in [-0.25, -0.2) is 0 Å². The number of rotatable bonds is 2. The van der Waals surface area contributed by atoms with Crippen molar-refractivity contribution >= 4 is 5.91 Å². The molecule has 1 amide bonds. The summed E-state index contributed by atoms with van der Waals surface area (Å²) in [6, 6.07) is 0.741. The molecule has 2 fully saturated rings. The Labute approximate surface area is 117 Å². The lowest BCUT2D eigenvalue weighted by Gasteiger charge is -2.40. The van der Waals surface area contributed by atoms with Gasteiger partial charge in [0.2, 0.25) is 5.91 Å². The van der Waals surface area contributed by atoms with E-state index in [2.05, 4.69) is 30.8 Å². The zero-order valence-electron chi connectivity index (χ0n) is 12.6. The van der Waals surface area contributed by atoms with Crippen molar-refractivity contribution in [1.82, 2.24) is 9.80 Å². The molecule has 0 aromatic carbocycles. The molecule has 110 valence electrons. The predicted molar refractivity (Wildman–Crippen MR) is 77.8 cm³/mol. The first kappa shape index (κ1) is 14.8. The molecule has 2 N–H and O–H groups in total. The molecule has 1 aliphatic heterocycles. The molecule has 1 saturated carbocycles. The van der Waals surface area contributed by atoms with Crippen molar-refractivity contribution < 1.29 is 4.79 Å². The highest BCUT2D eigenvalue weighted by molar-refractivity contribution is 5.79. The third-order valence-corrected chi connectivity index (χ3v) is 4.99. The molecule has 2 rings (SSSR count). The summed E-state index contributed by atoms with van der Waals surface area (Å²) in [5.74, 6) is 1.01. The largest absolute Gasteiger partial charge is 0.341 e. The van der Waals surface area contributed by atoms with E-state index in [0.29, 0.717) is 17.9 Å². The Bertz CT molecular complexity index is 319. The molecule has 4 unspecified atom stereocenters. The van der Waals surface area contributed by atoms with Crippen LogP contribution in [0.1, 0.15) is 39.0 Å². The molecule has 1 aliphatic carbocycles. The van der Waals surface area contributed by atoms with Crippen molar-refractivity contribution in [3.05, 3.63) is 0 Å². The van der Waals surface area contributed by atoms with Crippen LogP contribution >= 0.6 is 0 Å². The lowest BCUT2D eigenvalue weighted by Crippen LogP contribution is -2.51. The van der Waals surface area contributed by atoms with Crippen LogP contribution in [0.3, 0.4) is 0 Å². The molecular weight excluding hydrogens is 238 g/mol. The van der Waals surface area contributed by atoms with E-state index in [1.807, 2.05) is 0 Å². The van der Waals surface area contributed by atoms with E-state index in [4.69, 9.17) is 5.73 Å². The first-order valence-corrected chi connectivity index (χ1v) is 7.69. The third kappa shape index (κ3) is 3.48. The van der Waals surface area contributed by atoms with Crippen LogP contribution in [0.25, 0.3) is 0 Å². The van der Waals surface area contributed by atoms with E-state index in [-0.39, 0.29) is 12.0 Å². The van der Waals surface area contributed by atoms with Gasteiger partial charge < -0.3 is 15.5 Å². The lowest BCUT2D eigenvalue weighted by atomic mass is 9.77. The number of piperidine rings is 1. The first-order chi connectivity index (χ1) is 8.99. The van der Waals surface area contributed by atoms with Crippen LogP contribution in [0.2, 0.25) is 0 Å². The van der Waals surface area contributed by atoms with Crippen LogP contribution in [0, 0.1) is 11.8 Å². The van der Waals surface area contributed by atoms with Crippen LogP contribution in [-0.2, 0) is 4.79 Å². The van der Waals surface area contributed by atoms with Gasteiger partial charge in [-0.15, -0.1) is 0 Å². The van der Waals surface area contributed by atoms with E-state index in [9.17, 15) is 4.79 Å². The summed E-state index contributed by atoms with van der Waals surface area (Å²) < 4.78 is 0. The number of likely N-dealkylation sites (N-methyl/N-ethyl adjacent to an activating group) is 1. The monoisotopic (exact) mass is 267 g/mol. The maximum absolute atomic E-state index is 12.7. The van der Waals surface area contributed by atoms with E-state index < -0.39 is 0 Å². The van der Waals surface area contributed by atoms with Gasteiger partial charge in [-0.1, -0.05) is 6.92 Å². The minimum Gasteiger partial charge on any atom is -0.341 e. The Balaban J connectivity index is 1.98. The molecule has 0 radical (unpaired) electrons. The molecule has 0 aromatic rings. The van der Waals surface area contributed by atoms with Crippen LogP contribution in [0.4, 0.5) is 0 Å². The summed E-state index contributed by atoms with van der Waals surface area (Å²) in [4.78, 5) is 17.1. The average molecular weight is 267 g/mol. The van der Waals surface area contributed by atoms with E-state index in [1.165, 1.54) is 6.42 Å². The Morgan fingerprint density at radius 3 is 2.68 bits per heavy atom. The minimum absolute atomic E-state index is 0.157. The van der Waals surface area contributed by atoms with Gasteiger partial charge in [0, 0.05) is 31.1 Å². The van der Waals surface area contributed by atoms with Crippen molar-refractivity contribution in [2.24, 2.45) is 17.6 Å². The highest BCUT2D eigenvalue weighted by Crippen LogP contribution is 2.31. The van der Waals surface area contributed by atoms with E-state index in [1.54, 1.807) is 0 Å². The van der Waals surface area contributed by atoms with Gasteiger partial charge in [-0.2, -0.15) is 0 Å². The summed E-state index contributed by atoms with van der Waals surface area (Å²) in [5, 5.41) is 0. The number of hydrogen-bond acceptors (Lipinski definition) is 3. The summed E-state index contributed by atoms with van der Waals surface area (Å²) >= 11 is 0. The van der Waals surface area contributed by atoms with Crippen molar-refractivity contribution in [1.29, 1.82) is 0 Å². The van der Waals surface area contributed by atoms with Gasteiger partial charge in [0.05, 0.1) is 0 Å². The molecule has 1 saturated heterocycles. The Morgan fingerprint density at radius 1 is 1.26 bits per heavy atom. The summed E-state index contributed by atoms with van der Waals surface area (Å²) in [5.41, 5.74) is 6.05. The Morgan fingerprint density at radius 2 is 2.00 bits per heavy atom. The van der Waals surface area contributed by atoms with Crippen molar-refractivity contribution in [2.75, 3.05) is 27.2 Å². The quantitative estimate of drug-likeness (QED) is 0.820. The second kappa shape index (κ2) is 6.23. The molecule has 0 bridgehead atoms. The highest BCUT2D eigenvalue weighted by atomic mass is 16.2. The van der Waals surface area contributed by atoms with Gasteiger partial charge in [-0.3, -0.25) is 4.79 Å². The third-order valence-electron chi connectivity index (χ3n) is 4.99. The molecule has 0 aromatic heterocycles. The van der Waals surface area contributed by atoms with Crippen LogP contribution in [0.5, 0.6) is 0 Å². The number of carbonyl (C=O) groups is 1. The predicted octanol–water partition coefficient (Wildman–Crippen LogP) is 1.30. The maximum Gasteiger partial charge on any atom is 0.226 e. The standard InChI is InChI=1S/C15H29N3O/c1-11-6-7-12(16)9-14(11)15(19)18-8-4-5-13(10-18)17(2)3/h11-14H,4-10,16H2,1-3H3. The topological polar surface area (TPSA) is 49.6 Å².